The Balaban J connectivity index is 2.30. The minimum Gasteiger partial charge on any atom is -0.369 e. The fourth-order valence-corrected chi connectivity index (χ4v) is 3.60. The monoisotopic (exact) mass is 334 g/mol. The first-order chi connectivity index (χ1) is 11.6. The van der Waals surface area contributed by atoms with Crippen LogP contribution in [0.1, 0.15) is 11.1 Å². The van der Waals surface area contributed by atoms with Crippen LogP contribution in [0.25, 0.3) is 27.1 Å². The molecule has 0 aliphatic heterocycles. The molecule has 116 valence electrons. The van der Waals surface area contributed by atoms with Gasteiger partial charge in [-0.05, 0) is 12.5 Å². The molecule has 6 nitrogen and oxygen atoms in total. The molecular weight excluding hydrogens is 322 g/mol. The van der Waals surface area contributed by atoms with Crippen LogP contribution in [0.2, 0.25) is 0 Å². The van der Waals surface area contributed by atoms with E-state index in [4.69, 9.17) is 5.73 Å². The molecule has 0 aliphatic rings. The van der Waals surface area contributed by atoms with Crippen LogP contribution in [0, 0.1) is 18.3 Å². The smallest absolute Gasteiger partial charge is 0.319 e. The van der Waals surface area contributed by atoms with Gasteiger partial charge in [0.15, 0.2) is 0 Å². The number of benzene rings is 1. The zero-order valence-corrected chi connectivity index (χ0v) is 13.5. The molecule has 3 N–H and O–H groups in total. The SMILES string of the molecule is Cc1cccc(-c2c(C#N)c(N)nc3c2c(=O)[nH]c2scc[n+]23)c1. The molecule has 0 atom stereocenters. The molecule has 0 bridgehead atoms. The molecule has 1 aromatic carbocycles. The predicted molar refractivity (Wildman–Crippen MR) is 92.7 cm³/mol. The number of fused-ring (bicyclic) bond motifs is 3. The topological polar surface area (TPSA) is 99.7 Å². The molecule has 24 heavy (non-hydrogen) atoms. The van der Waals surface area contributed by atoms with E-state index in [-0.39, 0.29) is 16.9 Å². The lowest BCUT2D eigenvalue weighted by molar-refractivity contribution is -0.482. The number of pyridine rings is 1. The summed E-state index contributed by atoms with van der Waals surface area (Å²) in [6, 6.07) is 9.73. The van der Waals surface area contributed by atoms with Crippen LogP contribution in [0.5, 0.6) is 0 Å². The van der Waals surface area contributed by atoms with E-state index in [2.05, 4.69) is 16.0 Å². The summed E-state index contributed by atoms with van der Waals surface area (Å²) >= 11 is 1.40. The zero-order chi connectivity index (χ0) is 16.8. The van der Waals surface area contributed by atoms with E-state index in [9.17, 15) is 10.1 Å². The van der Waals surface area contributed by atoms with E-state index < -0.39 is 0 Å². The Morgan fingerprint density at radius 3 is 3.00 bits per heavy atom. The van der Waals surface area contributed by atoms with Crippen molar-refractivity contribution in [1.82, 2.24) is 9.97 Å². The minimum absolute atomic E-state index is 0.118. The van der Waals surface area contributed by atoms with E-state index in [1.807, 2.05) is 42.8 Å². The van der Waals surface area contributed by atoms with Crippen LogP contribution in [0.4, 0.5) is 5.82 Å². The van der Waals surface area contributed by atoms with Crippen LogP contribution in [0.3, 0.4) is 0 Å². The van der Waals surface area contributed by atoms with E-state index in [1.165, 1.54) is 11.3 Å². The molecule has 3 aromatic heterocycles. The van der Waals surface area contributed by atoms with E-state index in [0.29, 0.717) is 21.6 Å². The highest BCUT2D eigenvalue weighted by molar-refractivity contribution is 7.14. The average molecular weight is 334 g/mol. The van der Waals surface area contributed by atoms with Gasteiger partial charge in [-0.25, -0.2) is 4.98 Å². The quantitative estimate of drug-likeness (QED) is 0.521. The van der Waals surface area contributed by atoms with Gasteiger partial charge in [0.1, 0.15) is 17.0 Å². The number of nitrogen functional groups attached to an aromatic ring is 1. The number of nitrogens with one attached hydrogen (secondary N) is 1. The largest absolute Gasteiger partial charge is 0.369 e. The van der Waals surface area contributed by atoms with Gasteiger partial charge < -0.3 is 5.73 Å². The fraction of sp³-hybridized carbons (Fsp3) is 0.0588. The second-order valence-electron chi connectivity index (χ2n) is 5.46. The summed E-state index contributed by atoms with van der Waals surface area (Å²) in [6.07, 6.45) is 1.82. The van der Waals surface area contributed by atoms with E-state index >= 15 is 0 Å². The Bertz CT molecular complexity index is 1220. The first-order valence-corrected chi connectivity index (χ1v) is 8.09. The van der Waals surface area contributed by atoms with Crippen molar-refractivity contribution in [2.24, 2.45) is 0 Å². The van der Waals surface area contributed by atoms with Crippen LogP contribution >= 0.6 is 11.3 Å². The molecule has 0 amide bonds. The first-order valence-electron chi connectivity index (χ1n) is 7.21. The number of thiazole rings is 1. The molecule has 4 aromatic rings. The van der Waals surface area contributed by atoms with Crippen molar-refractivity contribution in [2.75, 3.05) is 5.73 Å². The third kappa shape index (κ3) is 1.97. The number of hydrogen-bond donors (Lipinski definition) is 2. The summed E-state index contributed by atoms with van der Waals surface area (Å²) in [5.41, 5.74) is 8.72. The number of anilines is 1. The van der Waals surface area contributed by atoms with Crippen molar-refractivity contribution >= 4 is 33.1 Å². The summed E-state index contributed by atoms with van der Waals surface area (Å²) in [5, 5.41) is 11.8. The lowest BCUT2D eigenvalue weighted by Gasteiger charge is -2.08. The highest BCUT2D eigenvalue weighted by atomic mass is 32.1. The van der Waals surface area contributed by atoms with Crippen molar-refractivity contribution in [3.05, 3.63) is 57.3 Å². The Morgan fingerprint density at radius 2 is 2.25 bits per heavy atom. The van der Waals surface area contributed by atoms with Crippen LogP contribution < -0.4 is 15.7 Å². The highest BCUT2D eigenvalue weighted by Gasteiger charge is 2.24. The summed E-state index contributed by atoms with van der Waals surface area (Å²) in [6.45, 7) is 1.96. The van der Waals surface area contributed by atoms with E-state index in [1.54, 1.807) is 4.40 Å². The molecule has 0 aliphatic carbocycles. The maximum Gasteiger partial charge on any atom is 0.319 e. The van der Waals surface area contributed by atoms with Gasteiger partial charge in [0, 0.05) is 10.9 Å². The molecule has 3 heterocycles. The Morgan fingerprint density at radius 1 is 1.42 bits per heavy atom. The zero-order valence-electron chi connectivity index (χ0n) is 12.7. The number of nitriles is 1. The third-order valence-corrected chi connectivity index (χ3v) is 4.69. The summed E-state index contributed by atoms with van der Waals surface area (Å²) < 4.78 is 1.78. The lowest BCUT2D eigenvalue weighted by atomic mass is 9.97. The van der Waals surface area contributed by atoms with Gasteiger partial charge in [-0.15, -0.1) is 0 Å². The molecule has 7 heteroatoms. The van der Waals surface area contributed by atoms with Crippen molar-refractivity contribution in [2.45, 2.75) is 6.92 Å². The molecule has 0 unspecified atom stereocenters. The van der Waals surface area contributed by atoms with Crippen LogP contribution in [-0.4, -0.2) is 9.97 Å². The Hall–Kier alpha value is -3.24. The Kier molecular flexibility index (Phi) is 3.08. The van der Waals surface area contributed by atoms with Gasteiger partial charge in [0.05, 0.1) is 6.20 Å². The van der Waals surface area contributed by atoms with E-state index in [0.717, 1.165) is 11.1 Å². The van der Waals surface area contributed by atoms with Crippen molar-refractivity contribution in [3.8, 4) is 17.2 Å². The van der Waals surface area contributed by atoms with Gasteiger partial charge in [-0.3, -0.25) is 4.79 Å². The van der Waals surface area contributed by atoms with Gasteiger partial charge in [-0.2, -0.15) is 9.66 Å². The summed E-state index contributed by atoms with van der Waals surface area (Å²) in [7, 11) is 0. The number of nitrogens with two attached hydrogens (primary N) is 1. The number of H-pyrrole nitrogens is 1. The number of aromatic amines is 1. The standard InChI is InChI=1S/C17H11N5OS/c1-9-3-2-4-10(7-9)12-11(8-18)14(19)20-15-13(12)16(23)21-17-22(15)5-6-24-17/h2-7H,1H3,(H2,19,20,23)/p+1. The van der Waals surface area contributed by atoms with Crippen molar-refractivity contribution < 1.29 is 4.40 Å². The molecule has 0 spiro atoms. The maximum absolute atomic E-state index is 12.7. The van der Waals surface area contributed by atoms with Gasteiger partial charge >= 0.3 is 5.56 Å². The van der Waals surface area contributed by atoms with Gasteiger partial charge in [0.2, 0.25) is 5.82 Å². The third-order valence-electron chi connectivity index (χ3n) is 3.91. The molecular formula is C17H12N5OS+. The summed E-state index contributed by atoms with van der Waals surface area (Å²) in [4.78, 5) is 20.5. The molecule has 4 rings (SSSR count). The second-order valence-corrected chi connectivity index (χ2v) is 6.35. The Labute approximate surface area is 140 Å². The van der Waals surface area contributed by atoms with Crippen molar-refractivity contribution in [3.63, 3.8) is 0 Å². The van der Waals surface area contributed by atoms with Crippen LogP contribution in [0.15, 0.2) is 40.6 Å². The fourth-order valence-electron chi connectivity index (χ4n) is 2.88. The predicted octanol–water partition coefficient (Wildman–Crippen LogP) is 2.15. The number of hydrogen-bond acceptors (Lipinski definition) is 5. The number of nitrogens with zero attached hydrogens (tertiary/aromatic N) is 3. The molecule has 0 radical (unpaired) electrons. The number of rotatable bonds is 1. The lowest BCUT2D eigenvalue weighted by Crippen LogP contribution is -2.28. The molecule has 0 fully saturated rings. The highest BCUT2D eigenvalue weighted by Crippen LogP contribution is 2.31. The summed E-state index contributed by atoms with van der Waals surface area (Å²) in [5.74, 6) is 0.118. The van der Waals surface area contributed by atoms with Gasteiger partial charge in [-0.1, -0.05) is 46.1 Å². The maximum atomic E-state index is 12.7. The molecule has 0 saturated heterocycles. The number of aryl methyl sites for hydroxylation is 1. The second kappa shape index (κ2) is 5.15. The average Bonchev–Trinajstić information content (AvgIpc) is 3.02. The minimum atomic E-state index is -0.284. The van der Waals surface area contributed by atoms with Crippen LogP contribution in [-0.2, 0) is 0 Å². The first kappa shape index (κ1) is 14.4. The molecule has 0 saturated carbocycles. The normalized spacial score (nSPS) is 11.0. The van der Waals surface area contributed by atoms with Crippen molar-refractivity contribution in [1.29, 1.82) is 5.26 Å². The number of aromatic nitrogens is 3. The van der Waals surface area contributed by atoms with Gasteiger partial charge in [0.25, 0.3) is 10.6 Å².